The van der Waals surface area contributed by atoms with Crippen molar-refractivity contribution in [3.63, 3.8) is 0 Å². The molecular weight excluding hydrogens is 373 g/mol. The Morgan fingerprint density at radius 1 is 1.15 bits per heavy atom. The number of ether oxygens (including phenoxy) is 1. The van der Waals surface area contributed by atoms with Gasteiger partial charge in [0, 0.05) is 11.3 Å². The van der Waals surface area contributed by atoms with Crippen LogP contribution in [0.25, 0.3) is 0 Å². The normalized spacial score (nSPS) is 10.6. The van der Waals surface area contributed by atoms with Crippen molar-refractivity contribution in [2.45, 2.75) is 20.5 Å². The molecule has 0 saturated carbocycles. The number of carbonyl (C=O) groups is 1. The molecule has 0 bridgehead atoms. The molecule has 1 heterocycles. The van der Waals surface area contributed by atoms with Gasteiger partial charge in [-0.05, 0) is 66.8 Å². The van der Waals surface area contributed by atoms with Gasteiger partial charge in [0.1, 0.15) is 18.2 Å². The third-order valence-corrected chi connectivity index (χ3v) is 5.21. The first-order valence-corrected chi connectivity index (χ1v) is 9.22. The Morgan fingerprint density at radius 2 is 1.96 bits per heavy atom. The zero-order chi connectivity index (χ0) is 18.7. The van der Waals surface area contributed by atoms with Gasteiger partial charge in [-0.1, -0.05) is 17.7 Å². The van der Waals surface area contributed by atoms with Crippen LogP contribution in [0.4, 0.5) is 10.1 Å². The van der Waals surface area contributed by atoms with Crippen LogP contribution in [0, 0.1) is 19.7 Å². The van der Waals surface area contributed by atoms with E-state index in [4.69, 9.17) is 16.3 Å². The molecule has 26 heavy (non-hydrogen) atoms. The standard InChI is InChI=1S/C20H17ClFNO2S/c1-12-3-5-16(7-13(12)2)25-10-14-8-19(26-11-14)20(24)23-15-4-6-18(22)17(21)9-15/h3-9,11H,10H2,1-2H3,(H,23,24). The minimum absolute atomic E-state index is 0.0311. The Morgan fingerprint density at radius 3 is 2.69 bits per heavy atom. The summed E-state index contributed by atoms with van der Waals surface area (Å²) in [5, 5.41) is 4.56. The molecule has 3 aromatic rings. The van der Waals surface area contributed by atoms with Crippen LogP contribution < -0.4 is 10.1 Å². The van der Waals surface area contributed by atoms with E-state index in [1.165, 1.54) is 40.7 Å². The fourth-order valence-corrected chi connectivity index (χ4v) is 3.28. The number of thiophene rings is 1. The van der Waals surface area contributed by atoms with Crippen LogP contribution in [0.2, 0.25) is 5.02 Å². The summed E-state index contributed by atoms with van der Waals surface area (Å²) in [6, 6.07) is 11.8. The molecule has 0 saturated heterocycles. The molecule has 0 aliphatic carbocycles. The van der Waals surface area contributed by atoms with Gasteiger partial charge in [-0.15, -0.1) is 11.3 Å². The SMILES string of the molecule is Cc1ccc(OCc2csc(C(=O)Nc3ccc(F)c(Cl)c3)c2)cc1C. The maximum absolute atomic E-state index is 13.2. The smallest absolute Gasteiger partial charge is 0.265 e. The number of amides is 1. The van der Waals surface area contributed by atoms with Crippen LogP contribution in [-0.2, 0) is 6.61 Å². The quantitative estimate of drug-likeness (QED) is 0.582. The van der Waals surface area contributed by atoms with Crippen molar-refractivity contribution in [1.82, 2.24) is 0 Å². The van der Waals surface area contributed by atoms with Crippen molar-refractivity contribution in [2.24, 2.45) is 0 Å². The lowest BCUT2D eigenvalue weighted by atomic mass is 10.1. The van der Waals surface area contributed by atoms with E-state index in [9.17, 15) is 9.18 Å². The van der Waals surface area contributed by atoms with E-state index in [2.05, 4.69) is 12.2 Å². The molecule has 1 N–H and O–H groups in total. The van der Waals surface area contributed by atoms with Gasteiger partial charge in [0.15, 0.2) is 0 Å². The average molecular weight is 390 g/mol. The lowest BCUT2D eigenvalue weighted by Gasteiger charge is -2.07. The Bertz CT molecular complexity index is 955. The second kappa shape index (κ2) is 7.89. The predicted octanol–water partition coefficient (Wildman–Crippen LogP) is 5.99. The second-order valence-electron chi connectivity index (χ2n) is 5.94. The minimum atomic E-state index is -0.522. The predicted molar refractivity (Wildman–Crippen MR) is 104 cm³/mol. The lowest BCUT2D eigenvalue weighted by molar-refractivity contribution is 0.103. The van der Waals surface area contributed by atoms with Crippen LogP contribution >= 0.6 is 22.9 Å². The van der Waals surface area contributed by atoms with Gasteiger partial charge in [0.05, 0.1) is 9.90 Å². The highest BCUT2D eigenvalue weighted by Crippen LogP contribution is 2.23. The molecule has 134 valence electrons. The third-order valence-electron chi connectivity index (χ3n) is 3.94. The highest BCUT2D eigenvalue weighted by Gasteiger charge is 2.11. The summed E-state index contributed by atoms with van der Waals surface area (Å²) in [6.07, 6.45) is 0. The zero-order valence-corrected chi connectivity index (χ0v) is 15.9. The first-order chi connectivity index (χ1) is 12.4. The molecule has 3 nitrogen and oxygen atoms in total. The number of anilines is 1. The summed E-state index contributed by atoms with van der Waals surface area (Å²) in [4.78, 5) is 12.8. The summed E-state index contributed by atoms with van der Waals surface area (Å²) < 4.78 is 19.0. The number of rotatable bonds is 5. The van der Waals surface area contributed by atoms with E-state index in [1.54, 1.807) is 6.07 Å². The van der Waals surface area contributed by atoms with Crippen LogP contribution in [0.5, 0.6) is 5.75 Å². The zero-order valence-electron chi connectivity index (χ0n) is 14.3. The fraction of sp³-hybridized carbons (Fsp3) is 0.150. The Labute approximate surface area is 160 Å². The molecule has 0 fully saturated rings. The Balaban J connectivity index is 1.62. The van der Waals surface area contributed by atoms with Crippen molar-refractivity contribution in [3.05, 3.63) is 80.3 Å². The van der Waals surface area contributed by atoms with E-state index in [-0.39, 0.29) is 10.9 Å². The first-order valence-electron chi connectivity index (χ1n) is 7.96. The van der Waals surface area contributed by atoms with E-state index < -0.39 is 5.82 Å². The van der Waals surface area contributed by atoms with E-state index >= 15 is 0 Å². The highest BCUT2D eigenvalue weighted by molar-refractivity contribution is 7.12. The first kappa shape index (κ1) is 18.4. The van der Waals surface area contributed by atoms with Crippen LogP contribution in [0.3, 0.4) is 0 Å². The van der Waals surface area contributed by atoms with Crippen molar-refractivity contribution in [3.8, 4) is 5.75 Å². The van der Waals surface area contributed by atoms with E-state index in [1.807, 2.05) is 30.5 Å². The van der Waals surface area contributed by atoms with Crippen molar-refractivity contribution in [2.75, 3.05) is 5.32 Å². The van der Waals surface area contributed by atoms with Gasteiger partial charge >= 0.3 is 0 Å². The summed E-state index contributed by atoms with van der Waals surface area (Å²) >= 11 is 7.05. The van der Waals surface area contributed by atoms with E-state index in [0.717, 1.165) is 11.3 Å². The van der Waals surface area contributed by atoms with Crippen molar-refractivity contribution < 1.29 is 13.9 Å². The fourth-order valence-electron chi connectivity index (χ4n) is 2.31. The molecule has 0 unspecified atom stereocenters. The Hall–Kier alpha value is -2.37. The molecule has 3 rings (SSSR count). The molecule has 0 radical (unpaired) electrons. The van der Waals surface area contributed by atoms with Gasteiger partial charge in [0.2, 0.25) is 0 Å². The van der Waals surface area contributed by atoms with Crippen LogP contribution in [0.15, 0.2) is 47.8 Å². The van der Waals surface area contributed by atoms with Crippen LogP contribution in [0.1, 0.15) is 26.4 Å². The molecule has 0 aliphatic heterocycles. The summed E-state index contributed by atoms with van der Waals surface area (Å²) in [7, 11) is 0. The second-order valence-corrected chi connectivity index (χ2v) is 7.26. The van der Waals surface area contributed by atoms with Gasteiger partial charge < -0.3 is 10.1 Å². The van der Waals surface area contributed by atoms with Gasteiger partial charge in [-0.2, -0.15) is 0 Å². The number of carbonyl (C=O) groups excluding carboxylic acids is 1. The molecule has 1 amide bonds. The number of benzene rings is 2. The summed E-state index contributed by atoms with van der Waals surface area (Å²) in [5.74, 6) is 0.00734. The molecule has 0 atom stereocenters. The molecule has 0 spiro atoms. The van der Waals surface area contributed by atoms with Gasteiger partial charge in [-0.3, -0.25) is 4.79 Å². The number of halogens is 2. The Kier molecular flexibility index (Phi) is 5.59. The van der Waals surface area contributed by atoms with Crippen molar-refractivity contribution in [1.29, 1.82) is 0 Å². The number of aryl methyl sites for hydroxylation is 2. The summed E-state index contributed by atoms with van der Waals surface area (Å²) in [5.41, 5.74) is 3.75. The molecule has 0 aliphatic rings. The van der Waals surface area contributed by atoms with Gasteiger partial charge in [0.25, 0.3) is 5.91 Å². The van der Waals surface area contributed by atoms with Gasteiger partial charge in [-0.25, -0.2) is 4.39 Å². The third kappa shape index (κ3) is 4.42. The lowest BCUT2D eigenvalue weighted by Crippen LogP contribution is -2.10. The molecule has 6 heteroatoms. The largest absolute Gasteiger partial charge is 0.489 e. The number of hydrogen-bond acceptors (Lipinski definition) is 3. The van der Waals surface area contributed by atoms with Crippen molar-refractivity contribution >= 4 is 34.5 Å². The summed E-state index contributed by atoms with van der Waals surface area (Å²) in [6.45, 7) is 4.47. The number of nitrogens with one attached hydrogen (secondary N) is 1. The number of hydrogen-bond donors (Lipinski definition) is 1. The van der Waals surface area contributed by atoms with E-state index in [0.29, 0.717) is 17.2 Å². The molecular formula is C20H17ClFNO2S. The molecule has 2 aromatic carbocycles. The topological polar surface area (TPSA) is 38.3 Å². The molecule has 1 aromatic heterocycles. The average Bonchev–Trinajstić information content (AvgIpc) is 3.08. The monoisotopic (exact) mass is 389 g/mol. The minimum Gasteiger partial charge on any atom is -0.489 e. The van der Waals surface area contributed by atoms with Crippen LogP contribution in [-0.4, -0.2) is 5.91 Å². The maximum Gasteiger partial charge on any atom is 0.265 e. The highest BCUT2D eigenvalue weighted by atomic mass is 35.5. The maximum atomic E-state index is 13.2.